The predicted molar refractivity (Wildman–Crippen MR) is 92.7 cm³/mol. The Morgan fingerprint density at radius 2 is 1.88 bits per heavy atom. The van der Waals surface area contributed by atoms with Crippen molar-refractivity contribution in [3.8, 4) is 0 Å². The Morgan fingerprint density at radius 1 is 1.20 bits per heavy atom. The highest BCUT2D eigenvalue weighted by molar-refractivity contribution is 5.78. The van der Waals surface area contributed by atoms with Crippen LogP contribution in [0, 0.1) is 11.8 Å². The summed E-state index contributed by atoms with van der Waals surface area (Å²) in [6, 6.07) is 8.66. The van der Waals surface area contributed by atoms with Gasteiger partial charge in [0, 0.05) is 6.61 Å². The number of carbonyl (C=O) groups is 2. The molecule has 25 heavy (non-hydrogen) atoms. The maximum Gasteiger partial charge on any atom is 0.326 e. The number of esters is 2. The molecule has 0 amide bonds. The van der Waals surface area contributed by atoms with Gasteiger partial charge in [0.2, 0.25) is 0 Å². The Bertz CT molecular complexity index is 574. The van der Waals surface area contributed by atoms with Crippen LogP contribution in [0.5, 0.6) is 0 Å². The molecule has 1 saturated heterocycles. The molecule has 1 unspecified atom stereocenters. The van der Waals surface area contributed by atoms with Crippen LogP contribution >= 0.6 is 0 Å². The number of carbonyl (C=O) groups excluding carboxylic acids is 2. The van der Waals surface area contributed by atoms with E-state index < -0.39 is 36.1 Å². The van der Waals surface area contributed by atoms with Crippen LogP contribution in [0.1, 0.15) is 26.3 Å². The van der Waals surface area contributed by atoms with Crippen molar-refractivity contribution in [2.75, 3.05) is 13.2 Å². The lowest BCUT2D eigenvalue weighted by molar-refractivity contribution is -0.164. The highest BCUT2D eigenvalue weighted by atomic mass is 16.6. The lowest BCUT2D eigenvalue weighted by Crippen LogP contribution is -2.43. The standard InChI is InChI=1S/C19H27NO5/c1-12(2)10-23-17-13(3)25-19(22)16(20)11-24-18(21)15(17)9-14-7-5-4-6-8-14/h4-8,12-13,15-17H,9-11,20H2,1-3H3/t13-,15+,16?,17-/m0/s1. The van der Waals surface area contributed by atoms with E-state index in [1.54, 1.807) is 6.92 Å². The van der Waals surface area contributed by atoms with Gasteiger partial charge in [-0.25, -0.2) is 0 Å². The van der Waals surface area contributed by atoms with Gasteiger partial charge in [-0.15, -0.1) is 0 Å². The van der Waals surface area contributed by atoms with Crippen molar-refractivity contribution in [1.82, 2.24) is 0 Å². The van der Waals surface area contributed by atoms with Crippen LogP contribution in [0.4, 0.5) is 0 Å². The summed E-state index contributed by atoms with van der Waals surface area (Å²) < 4.78 is 16.7. The predicted octanol–water partition coefficient (Wildman–Crippen LogP) is 1.70. The summed E-state index contributed by atoms with van der Waals surface area (Å²) in [7, 11) is 0. The molecule has 0 bridgehead atoms. The molecule has 2 N–H and O–H groups in total. The maximum absolute atomic E-state index is 12.7. The molecule has 6 heteroatoms. The van der Waals surface area contributed by atoms with Gasteiger partial charge < -0.3 is 19.9 Å². The molecule has 0 radical (unpaired) electrons. The Morgan fingerprint density at radius 3 is 2.52 bits per heavy atom. The first-order valence-electron chi connectivity index (χ1n) is 8.66. The van der Waals surface area contributed by atoms with Crippen molar-refractivity contribution in [3.05, 3.63) is 35.9 Å². The van der Waals surface area contributed by atoms with Gasteiger partial charge in [-0.1, -0.05) is 44.2 Å². The molecule has 0 saturated carbocycles. The van der Waals surface area contributed by atoms with Crippen LogP contribution in [0.15, 0.2) is 30.3 Å². The summed E-state index contributed by atoms with van der Waals surface area (Å²) in [6.07, 6.45) is -0.749. The first-order valence-corrected chi connectivity index (χ1v) is 8.66. The summed E-state index contributed by atoms with van der Waals surface area (Å²) in [5, 5.41) is 0. The molecule has 6 nitrogen and oxygen atoms in total. The normalized spacial score (nSPS) is 27.9. The molecule has 2 rings (SSSR count). The average molecular weight is 349 g/mol. The lowest BCUT2D eigenvalue weighted by atomic mass is 9.91. The number of ether oxygens (including phenoxy) is 3. The summed E-state index contributed by atoms with van der Waals surface area (Å²) in [4.78, 5) is 24.6. The van der Waals surface area contributed by atoms with E-state index in [0.29, 0.717) is 13.0 Å². The SMILES string of the molecule is CC(C)CO[C@H]1[C@H](C)OC(=O)C(N)COC(=O)[C@@H]1Cc1ccccc1. The fourth-order valence-electron chi connectivity index (χ4n) is 2.77. The Kier molecular flexibility index (Phi) is 6.96. The van der Waals surface area contributed by atoms with E-state index in [1.807, 2.05) is 44.2 Å². The fourth-order valence-corrected chi connectivity index (χ4v) is 2.77. The first-order chi connectivity index (χ1) is 11.9. The fraction of sp³-hybridized carbons (Fsp3) is 0.579. The van der Waals surface area contributed by atoms with Gasteiger partial charge in [-0.05, 0) is 24.8 Å². The van der Waals surface area contributed by atoms with E-state index >= 15 is 0 Å². The summed E-state index contributed by atoms with van der Waals surface area (Å²) in [5.74, 6) is -1.29. The quantitative estimate of drug-likeness (QED) is 0.814. The second kappa shape index (κ2) is 8.97. The van der Waals surface area contributed by atoms with E-state index in [1.165, 1.54) is 0 Å². The average Bonchev–Trinajstić information content (AvgIpc) is 2.61. The smallest absolute Gasteiger partial charge is 0.326 e. The second-order valence-electron chi connectivity index (χ2n) is 6.87. The van der Waals surface area contributed by atoms with E-state index in [9.17, 15) is 9.59 Å². The molecular formula is C19H27NO5. The van der Waals surface area contributed by atoms with Crippen molar-refractivity contribution in [2.24, 2.45) is 17.6 Å². The Hall–Kier alpha value is -1.92. The second-order valence-corrected chi connectivity index (χ2v) is 6.87. The van der Waals surface area contributed by atoms with Gasteiger partial charge in [0.25, 0.3) is 0 Å². The first kappa shape index (κ1) is 19.4. The van der Waals surface area contributed by atoms with Crippen LogP contribution in [-0.4, -0.2) is 43.4 Å². The van der Waals surface area contributed by atoms with Crippen molar-refractivity contribution < 1.29 is 23.8 Å². The molecule has 1 aromatic rings. The highest BCUT2D eigenvalue weighted by Crippen LogP contribution is 2.24. The van der Waals surface area contributed by atoms with E-state index in [0.717, 1.165) is 5.56 Å². The zero-order valence-corrected chi connectivity index (χ0v) is 15.0. The molecule has 1 aromatic carbocycles. The Balaban J connectivity index is 2.28. The van der Waals surface area contributed by atoms with Gasteiger partial charge in [0.1, 0.15) is 24.9 Å². The summed E-state index contributed by atoms with van der Waals surface area (Å²) in [5.41, 5.74) is 6.71. The highest BCUT2D eigenvalue weighted by Gasteiger charge is 2.39. The third-order valence-corrected chi connectivity index (χ3v) is 4.09. The maximum atomic E-state index is 12.7. The van der Waals surface area contributed by atoms with Gasteiger partial charge in [-0.2, -0.15) is 0 Å². The van der Waals surface area contributed by atoms with Gasteiger partial charge in [0.05, 0.1) is 5.92 Å². The van der Waals surface area contributed by atoms with Gasteiger partial charge >= 0.3 is 11.9 Å². The molecule has 138 valence electrons. The summed E-state index contributed by atoms with van der Waals surface area (Å²) in [6.45, 7) is 6.04. The zero-order valence-electron chi connectivity index (χ0n) is 15.0. The molecule has 1 fully saturated rings. The van der Waals surface area contributed by atoms with E-state index in [2.05, 4.69) is 0 Å². The zero-order chi connectivity index (χ0) is 18.4. The lowest BCUT2D eigenvalue weighted by Gasteiger charge is -2.30. The van der Waals surface area contributed by atoms with Crippen molar-refractivity contribution >= 4 is 11.9 Å². The van der Waals surface area contributed by atoms with Crippen LogP contribution in [0.25, 0.3) is 0 Å². The number of nitrogens with two attached hydrogens (primary N) is 1. The van der Waals surface area contributed by atoms with Gasteiger partial charge in [0.15, 0.2) is 0 Å². The summed E-state index contributed by atoms with van der Waals surface area (Å²) >= 11 is 0. The monoisotopic (exact) mass is 349 g/mol. The molecule has 1 heterocycles. The minimum absolute atomic E-state index is 0.188. The van der Waals surface area contributed by atoms with Crippen LogP contribution in [0.3, 0.4) is 0 Å². The van der Waals surface area contributed by atoms with Crippen molar-refractivity contribution in [2.45, 2.75) is 45.4 Å². The number of benzene rings is 1. The van der Waals surface area contributed by atoms with E-state index in [4.69, 9.17) is 19.9 Å². The number of hydrogen-bond donors (Lipinski definition) is 1. The third-order valence-electron chi connectivity index (χ3n) is 4.09. The van der Waals surface area contributed by atoms with Crippen molar-refractivity contribution in [1.29, 1.82) is 0 Å². The molecule has 1 aliphatic heterocycles. The van der Waals surface area contributed by atoms with Crippen molar-refractivity contribution in [3.63, 3.8) is 0 Å². The van der Waals surface area contributed by atoms with Gasteiger partial charge in [-0.3, -0.25) is 9.59 Å². The molecule has 0 aromatic heterocycles. The topological polar surface area (TPSA) is 87.8 Å². The molecule has 1 aliphatic rings. The Labute approximate surface area is 148 Å². The minimum Gasteiger partial charge on any atom is -0.463 e. The largest absolute Gasteiger partial charge is 0.463 e. The minimum atomic E-state index is -0.979. The molecule has 0 aliphatic carbocycles. The van der Waals surface area contributed by atoms with E-state index in [-0.39, 0.29) is 12.5 Å². The number of cyclic esters (lactones) is 2. The van der Waals surface area contributed by atoms with Crippen LogP contribution in [0.2, 0.25) is 0 Å². The van der Waals surface area contributed by atoms with Crippen LogP contribution < -0.4 is 5.73 Å². The molecule has 0 spiro atoms. The number of rotatable bonds is 5. The molecular weight excluding hydrogens is 322 g/mol. The third kappa shape index (κ3) is 5.54. The number of hydrogen-bond acceptors (Lipinski definition) is 6. The molecule has 4 atom stereocenters. The van der Waals surface area contributed by atoms with Crippen LogP contribution in [-0.2, 0) is 30.2 Å².